The molecular weight excluding hydrogens is 272 g/mol. The molecule has 0 aliphatic heterocycles. The summed E-state index contributed by atoms with van der Waals surface area (Å²) in [6.45, 7) is 4.10. The smallest absolute Gasteiger partial charge is 0.337 e. The summed E-state index contributed by atoms with van der Waals surface area (Å²) in [4.78, 5) is 15.3. The van der Waals surface area contributed by atoms with Crippen molar-refractivity contribution < 1.29 is 9.90 Å². The van der Waals surface area contributed by atoms with Crippen molar-refractivity contribution in [3.8, 4) is 0 Å². The minimum absolute atomic E-state index is 0.243. The van der Waals surface area contributed by atoms with Crippen LogP contribution in [0.1, 0.15) is 35.8 Å². The van der Waals surface area contributed by atoms with E-state index in [0.717, 1.165) is 11.3 Å². The minimum atomic E-state index is -0.942. The van der Waals surface area contributed by atoms with E-state index in [2.05, 4.69) is 20.9 Å². The average molecular weight is 283 g/mol. The summed E-state index contributed by atoms with van der Waals surface area (Å²) in [7, 11) is 0. The number of carboxylic acids is 1. The molecule has 0 aliphatic rings. The number of rotatable bonds is 2. The summed E-state index contributed by atoms with van der Waals surface area (Å²) >= 11 is 3.33. The van der Waals surface area contributed by atoms with Gasteiger partial charge in [0.05, 0.1) is 15.7 Å². The van der Waals surface area contributed by atoms with E-state index < -0.39 is 5.97 Å². The lowest BCUT2D eigenvalue weighted by Gasteiger charge is -1.98. The van der Waals surface area contributed by atoms with Gasteiger partial charge >= 0.3 is 5.97 Å². The zero-order valence-electron chi connectivity index (χ0n) is 8.94. The summed E-state index contributed by atoms with van der Waals surface area (Å²) < 4.78 is 2.43. The second-order valence-corrected chi connectivity index (χ2v) is 4.79. The number of halogens is 1. The van der Waals surface area contributed by atoms with Crippen LogP contribution in [-0.4, -0.2) is 20.5 Å². The quantitative estimate of drug-likeness (QED) is 0.922. The van der Waals surface area contributed by atoms with Gasteiger partial charge in [-0.1, -0.05) is 13.8 Å². The molecule has 1 N–H and O–H groups in total. The molecule has 0 amide bonds. The van der Waals surface area contributed by atoms with Crippen molar-refractivity contribution in [3.05, 3.63) is 34.2 Å². The van der Waals surface area contributed by atoms with Crippen LogP contribution in [0.15, 0.2) is 22.9 Å². The lowest BCUT2D eigenvalue weighted by atomic mass is 10.2. The Kier molecular flexibility index (Phi) is 2.71. The summed E-state index contributed by atoms with van der Waals surface area (Å²) in [5.41, 5.74) is 1.93. The molecule has 0 saturated heterocycles. The molecule has 2 rings (SSSR count). The van der Waals surface area contributed by atoms with Gasteiger partial charge in [0.25, 0.3) is 0 Å². The number of aromatic carboxylic acids is 1. The Bertz CT molecular complexity index is 560. The highest BCUT2D eigenvalue weighted by Crippen LogP contribution is 2.22. The number of aromatic nitrogens is 2. The monoisotopic (exact) mass is 282 g/mol. The van der Waals surface area contributed by atoms with Crippen LogP contribution in [0.2, 0.25) is 0 Å². The van der Waals surface area contributed by atoms with E-state index in [9.17, 15) is 4.79 Å². The predicted octanol–water partition coefficient (Wildman–Crippen LogP) is 2.92. The number of carboxylic acid groups (broad SMARTS) is 1. The highest BCUT2D eigenvalue weighted by atomic mass is 79.9. The molecule has 2 heterocycles. The second-order valence-electron chi connectivity index (χ2n) is 3.93. The van der Waals surface area contributed by atoms with Gasteiger partial charge < -0.3 is 9.51 Å². The van der Waals surface area contributed by atoms with E-state index in [1.807, 2.05) is 20.0 Å². The number of hydrogen-bond donors (Lipinski definition) is 1. The van der Waals surface area contributed by atoms with Gasteiger partial charge in [0.15, 0.2) is 5.65 Å². The van der Waals surface area contributed by atoms with E-state index >= 15 is 0 Å². The zero-order chi connectivity index (χ0) is 11.9. The Morgan fingerprint density at radius 2 is 2.19 bits per heavy atom. The van der Waals surface area contributed by atoms with E-state index in [1.165, 1.54) is 0 Å². The molecule has 0 aliphatic carbocycles. The highest BCUT2D eigenvalue weighted by Gasteiger charge is 2.11. The lowest BCUT2D eigenvalue weighted by Crippen LogP contribution is -1.99. The molecule has 5 heteroatoms. The fourth-order valence-electron chi connectivity index (χ4n) is 1.47. The van der Waals surface area contributed by atoms with Gasteiger partial charge in [-0.05, 0) is 27.9 Å². The Labute approximate surface area is 101 Å². The fraction of sp³-hybridized carbons (Fsp3) is 0.273. The maximum atomic E-state index is 10.9. The van der Waals surface area contributed by atoms with E-state index in [1.54, 1.807) is 16.7 Å². The molecule has 2 aromatic rings. The molecule has 0 unspecified atom stereocenters. The van der Waals surface area contributed by atoms with Gasteiger partial charge in [-0.25, -0.2) is 9.78 Å². The first-order valence-electron chi connectivity index (χ1n) is 4.90. The van der Waals surface area contributed by atoms with Crippen LogP contribution in [0.3, 0.4) is 0 Å². The number of hydrogen-bond acceptors (Lipinski definition) is 2. The normalized spacial score (nSPS) is 11.2. The Morgan fingerprint density at radius 3 is 2.75 bits per heavy atom. The van der Waals surface area contributed by atoms with Crippen LogP contribution in [0.5, 0.6) is 0 Å². The Balaban J connectivity index is 2.68. The lowest BCUT2D eigenvalue weighted by molar-refractivity contribution is 0.0696. The van der Waals surface area contributed by atoms with Crippen molar-refractivity contribution in [3.63, 3.8) is 0 Å². The molecule has 16 heavy (non-hydrogen) atoms. The van der Waals surface area contributed by atoms with Crippen molar-refractivity contribution in [2.24, 2.45) is 0 Å². The summed E-state index contributed by atoms with van der Waals surface area (Å²) in [6.07, 6.45) is 3.43. The third-order valence-electron chi connectivity index (χ3n) is 2.36. The topological polar surface area (TPSA) is 54.6 Å². The molecule has 0 atom stereocenters. The molecule has 0 bridgehead atoms. The van der Waals surface area contributed by atoms with Crippen LogP contribution >= 0.6 is 15.9 Å². The average Bonchev–Trinajstić information content (AvgIpc) is 2.61. The first-order valence-corrected chi connectivity index (χ1v) is 5.70. The molecule has 84 valence electrons. The first-order chi connectivity index (χ1) is 7.49. The van der Waals surface area contributed by atoms with E-state index in [4.69, 9.17) is 5.11 Å². The summed E-state index contributed by atoms with van der Waals surface area (Å²) in [6, 6.07) is 1.56. The number of pyridine rings is 1. The Hall–Kier alpha value is -1.36. The number of imidazole rings is 1. The van der Waals surface area contributed by atoms with E-state index in [-0.39, 0.29) is 5.56 Å². The molecule has 0 aromatic carbocycles. The van der Waals surface area contributed by atoms with Crippen LogP contribution in [-0.2, 0) is 0 Å². The van der Waals surface area contributed by atoms with Gasteiger partial charge in [0.1, 0.15) is 0 Å². The molecule has 4 nitrogen and oxygen atoms in total. The third-order valence-corrected chi connectivity index (χ3v) is 2.95. The van der Waals surface area contributed by atoms with Gasteiger partial charge in [-0.3, -0.25) is 0 Å². The van der Waals surface area contributed by atoms with Crippen molar-refractivity contribution in [2.75, 3.05) is 0 Å². The van der Waals surface area contributed by atoms with E-state index in [0.29, 0.717) is 10.4 Å². The standard InChI is InChI=1S/C11H11BrN2O2/c1-6(2)9-5-14-4-7(11(15)16)3-8(12)10(14)13-9/h3-6H,1-2H3,(H,15,16). The van der Waals surface area contributed by atoms with Gasteiger partial charge in [0, 0.05) is 12.4 Å². The molecule has 0 saturated carbocycles. The van der Waals surface area contributed by atoms with Crippen molar-refractivity contribution in [2.45, 2.75) is 19.8 Å². The largest absolute Gasteiger partial charge is 0.478 e. The van der Waals surface area contributed by atoms with Crippen LogP contribution in [0.25, 0.3) is 5.65 Å². The predicted molar refractivity (Wildman–Crippen MR) is 63.9 cm³/mol. The van der Waals surface area contributed by atoms with Gasteiger partial charge in [0.2, 0.25) is 0 Å². The number of fused-ring (bicyclic) bond motifs is 1. The van der Waals surface area contributed by atoms with Crippen LogP contribution < -0.4 is 0 Å². The third kappa shape index (κ3) is 1.82. The van der Waals surface area contributed by atoms with Crippen LogP contribution in [0, 0.1) is 0 Å². The van der Waals surface area contributed by atoms with Crippen molar-refractivity contribution in [1.29, 1.82) is 0 Å². The first kappa shape index (κ1) is 11.1. The number of nitrogens with zero attached hydrogens (tertiary/aromatic N) is 2. The van der Waals surface area contributed by atoms with Gasteiger partial charge in [-0.2, -0.15) is 0 Å². The van der Waals surface area contributed by atoms with Crippen LogP contribution in [0.4, 0.5) is 0 Å². The molecule has 0 spiro atoms. The maximum absolute atomic E-state index is 10.9. The Morgan fingerprint density at radius 1 is 1.50 bits per heavy atom. The number of carbonyl (C=O) groups is 1. The van der Waals surface area contributed by atoms with Crippen molar-refractivity contribution >= 4 is 27.5 Å². The fourth-order valence-corrected chi connectivity index (χ4v) is 2.01. The molecular formula is C11H11BrN2O2. The highest BCUT2D eigenvalue weighted by molar-refractivity contribution is 9.10. The van der Waals surface area contributed by atoms with Gasteiger partial charge in [-0.15, -0.1) is 0 Å². The molecule has 0 fully saturated rings. The summed E-state index contributed by atoms with van der Waals surface area (Å²) in [5.74, 6) is -0.623. The minimum Gasteiger partial charge on any atom is -0.478 e. The summed E-state index contributed by atoms with van der Waals surface area (Å²) in [5, 5.41) is 8.93. The SMILES string of the molecule is CC(C)c1cn2cc(C(=O)O)cc(Br)c2n1. The molecule has 0 radical (unpaired) electrons. The maximum Gasteiger partial charge on any atom is 0.337 e. The zero-order valence-corrected chi connectivity index (χ0v) is 10.5. The second kappa shape index (κ2) is 3.90. The van der Waals surface area contributed by atoms with Crippen molar-refractivity contribution in [1.82, 2.24) is 9.38 Å². The molecule has 2 aromatic heterocycles.